The minimum Gasteiger partial charge on any atom is -0.480 e. The number of aldehydes is 1. The first kappa shape index (κ1) is 13.1. The van der Waals surface area contributed by atoms with E-state index in [2.05, 4.69) is 21.2 Å². The first-order valence-electron chi connectivity index (χ1n) is 5.82. The highest BCUT2D eigenvalue weighted by molar-refractivity contribution is 9.10. The molecule has 1 aliphatic carbocycles. The maximum atomic E-state index is 11.7. The molecule has 1 aliphatic rings. The van der Waals surface area contributed by atoms with Crippen LogP contribution in [-0.4, -0.2) is 24.3 Å². The summed E-state index contributed by atoms with van der Waals surface area (Å²) in [5.41, 5.74) is 0.560. The van der Waals surface area contributed by atoms with Gasteiger partial charge in [0.15, 0.2) is 6.10 Å². The van der Waals surface area contributed by atoms with Crippen molar-refractivity contribution in [1.29, 1.82) is 0 Å². The molecule has 0 heterocycles. The van der Waals surface area contributed by atoms with E-state index in [1.807, 2.05) is 0 Å². The monoisotopic (exact) mass is 311 g/mol. The average Bonchev–Trinajstić information content (AvgIpc) is 3.15. The van der Waals surface area contributed by atoms with Crippen molar-refractivity contribution in [1.82, 2.24) is 5.32 Å². The summed E-state index contributed by atoms with van der Waals surface area (Å²) >= 11 is 3.31. The molecule has 4 nitrogen and oxygen atoms in total. The maximum absolute atomic E-state index is 11.7. The van der Waals surface area contributed by atoms with Crippen LogP contribution in [-0.2, 0) is 4.79 Å². The van der Waals surface area contributed by atoms with Crippen LogP contribution in [0, 0.1) is 0 Å². The Labute approximate surface area is 114 Å². The summed E-state index contributed by atoms with van der Waals surface area (Å²) in [4.78, 5) is 22.3. The van der Waals surface area contributed by atoms with Gasteiger partial charge in [-0.3, -0.25) is 9.59 Å². The molecule has 0 bridgehead atoms. The Hall–Kier alpha value is -1.36. The molecule has 2 rings (SSSR count). The fourth-order valence-corrected chi connectivity index (χ4v) is 1.97. The van der Waals surface area contributed by atoms with Crippen molar-refractivity contribution in [2.45, 2.75) is 31.9 Å². The molecule has 1 aromatic carbocycles. The van der Waals surface area contributed by atoms with Gasteiger partial charge in [0.2, 0.25) is 0 Å². The normalized spacial score (nSPS) is 15.9. The van der Waals surface area contributed by atoms with E-state index >= 15 is 0 Å². The fourth-order valence-electron chi connectivity index (χ4n) is 1.48. The topological polar surface area (TPSA) is 55.4 Å². The van der Waals surface area contributed by atoms with Crippen LogP contribution in [0.5, 0.6) is 5.75 Å². The van der Waals surface area contributed by atoms with E-state index in [1.165, 1.54) is 0 Å². The Balaban J connectivity index is 1.99. The highest BCUT2D eigenvalue weighted by atomic mass is 79.9. The van der Waals surface area contributed by atoms with Gasteiger partial charge >= 0.3 is 0 Å². The van der Waals surface area contributed by atoms with Gasteiger partial charge in [-0.25, -0.2) is 0 Å². The van der Waals surface area contributed by atoms with Crippen molar-refractivity contribution in [3.05, 3.63) is 28.2 Å². The van der Waals surface area contributed by atoms with E-state index in [-0.39, 0.29) is 5.91 Å². The third-order valence-corrected chi connectivity index (χ3v) is 3.31. The highest BCUT2D eigenvalue weighted by Gasteiger charge is 2.26. The summed E-state index contributed by atoms with van der Waals surface area (Å²) < 4.78 is 6.23. The molecule has 1 saturated carbocycles. The molecule has 0 radical (unpaired) electrons. The second-order valence-corrected chi connectivity index (χ2v) is 5.20. The van der Waals surface area contributed by atoms with Gasteiger partial charge in [0.25, 0.3) is 5.91 Å². The molecule has 1 fully saturated rings. The zero-order chi connectivity index (χ0) is 13.1. The lowest BCUT2D eigenvalue weighted by Gasteiger charge is -2.15. The van der Waals surface area contributed by atoms with Crippen molar-refractivity contribution in [3.63, 3.8) is 0 Å². The lowest BCUT2D eigenvalue weighted by Crippen LogP contribution is -2.37. The Morgan fingerprint density at radius 2 is 2.28 bits per heavy atom. The largest absolute Gasteiger partial charge is 0.480 e. The Bertz CT molecular complexity index is 471. The van der Waals surface area contributed by atoms with E-state index in [4.69, 9.17) is 4.74 Å². The molecule has 1 aromatic rings. The van der Waals surface area contributed by atoms with Gasteiger partial charge in [0.05, 0.1) is 4.47 Å². The van der Waals surface area contributed by atoms with E-state index in [1.54, 1.807) is 25.1 Å². The molecule has 96 valence electrons. The molecule has 0 unspecified atom stereocenters. The third-order valence-electron chi connectivity index (χ3n) is 2.69. The van der Waals surface area contributed by atoms with Crippen LogP contribution >= 0.6 is 15.9 Å². The van der Waals surface area contributed by atoms with Crippen LogP contribution in [0.1, 0.15) is 30.1 Å². The number of halogens is 1. The molecule has 1 atom stereocenters. The van der Waals surface area contributed by atoms with Gasteiger partial charge in [-0.1, -0.05) is 0 Å². The van der Waals surface area contributed by atoms with Gasteiger partial charge in [-0.2, -0.15) is 0 Å². The molecule has 18 heavy (non-hydrogen) atoms. The number of nitrogens with one attached hydrogen (secondary N) is 1. The van der Waals surface area contributed by atoms with Crippen LogP contribution in [0.2, 0.25) is 0 Å². The highest BCUT2D eigenvalue weighted by Crippen LogP contribution is 2.26. The maximum Gasteiger partial charge on any atom is 0.260 e. The molecule has 1 amide bonds. The second kappa shape index (κ2) is 5.52. The summed E-state index contributed by atoms with van der Waals surface area (Å²) in [7, 11) is 0. The van der Waals surface area contributed by atoms with Crippen molar-refractivity contribution >= 4 is 28.1 Å². The van der Waals surface area contributed by atoms with Gasteiger partial charge < -0.3 is 10.1 Å². The number of hydrogen-bond donors (Lipinski definition) is 1. The Morgan fingerprint density at radius 3 is 2.83 bits per heavy atom. The lowest BCUT2D eigenvalue weighted by molar-refractivity contribution is -0.127. The van der Waals surface area contributed by atoms with E-state index in [0.717, 1.165) is 19.1 Å². The summed E-state index contributed by atoms with van der Waals surface area (Å²) in [5, 5.41) is 2.88. The molecule has 0 spiro atoms. The predicted molar refractivity (Wildman–Crippen MR) is 70.8 cm³/mol. The number of amides is 1. The number of hydrogen-bond acceptors (Lipinski definition) is 3. The second-order valence-electron chi connectivity index (χ2n) is 4.35. The van der Waals surface area contributed by atoms with E-state index in [9.17, 15) is 9.59 Å². The zero-order valence-electron chi connectivity index (χ0n) is 9.98. The van der Waals surface area contributed by atoms with Gasteiger partial charge in [0, 0.05) is 11.6 Å². The zero-order valence-corrected chi connectivity index (χ0v) is 11.6. The number of benzene rings is 1. The average molecular weight is 312 g/mol. The Morgan fingerprint density at radius 1 is 1.56 bits per heavy atom. The number of carbonyl (C=O) groups is 2. The molecule has 1 N–H and O–H groups in total. The summed E-state index contributed by atoms with van der Waals surface area (Å²) in [5.74, 6) is 0.447. The van der Waals surface area contributed by atoms with Crippen LogP contribution in [0.25, 0.3) is 0 Å². The molecule has 0 saturated heterocycles. The fraction of sp³-hybridized carbons (Fsp3) is 0.385. The number of ether oxygens (including phenoxy) is 1. The smallest absolute Gasteiger partial charge is 0.260 e. The van der Waals surface area contributed by atoms with E-state index in [0.29, 0.717) is 21.8 Å². The summed E-state index contributed by atoms with van der Waals surface area (Å²) in [6.07, 6.45) is 2.31. The SMILES string of the molecule is C[C@H](Oc1ccc(C=O)cc1Br)C(=O)NC1CC1. The van der Waals surface area contributed by atoms with Crippen molar-refractivity contribution in [2.75, 3.05) is 0 Å². The Kier molecular flexibility index (Phi) is 4.01. The van der Waals surface area contributed by atoms with Gasteiger partial charge in [-0.15, -0.1) is 0 Å². The van der Waals surface area contributed by atoms with Crippen molar-refractivity contribution in [2.24, 2.45) is 0 Å². The van der Waals surface area contributed by atoms with E-state index < -0.39 is 6.10 Å². The molecule has 5 heteroatoms. The van der Waals surface area contributed by atoms with Crippen LogP contribution in [0.3, 0.4) is 0 Å². The standard InChI is InChI=1S/C13H14BrNO3/c1-8(13(17)15-10-3-4-10)18-12-5-2-9(7-16)6-11(12)14/h2,5-8,10H,3-4H2,1H3,(H,15,17)/t8-/m0/s1. The molecular weight excluding hydrogens is 298 g/mol. The molecule has 0 aliphatic heterocycles. The van der Waals surface area contributed by atoms with Crippen molar-refractivity contribution in [3.8, 4) is 5.75 Å². The molecular formula is C13H14BrNO3. The predicted octanol–water partition coefficient (Wildman–Crippen LogP) is 2.31. The first-order valence-corrected chi connectivity index (χ1v) is 6.61. The number of rotatable bonds is 5. The number of carbonyl (C=O) groups excluding carboxylic acids is 2. The van der Waals surface area contributed by atoms with Gasteiger partial charge in [0.1, 0.15) is 12.0 Å². The summed E-state index contributed by atoms with van der Waals surface area (Å²) in [6, 6.07) is 5.31. The van der Waals surface area contributed by atoms with Crippen LogP contribution < -0.4 is 10.1 Å². The lowest BCUT2D eigenvalue weighted by atomic mass is 10.2. The van der Waals surface area contributed by atoms with Gasteiger partial charge in [-0.05, 0) is 53.9 Å². The first-order chi connectivity index (χ1) is 8.60. The van der Waals surface area contributed by atoms with Crippen LogP contribution in [0.4, 0.5) is 0 Å². The minimum absolute atomic E-state index is 0.108. The van der Waals surface area contributed by atoms with Crippen molar-refractivity contribution < 1.29 is 14.3 Å². The minimum atomic E-state index is -0.552. The quantitative estimate of drug-likeness (QED) is 0.849. The summed E-state index contributed by atoms with van der Waals surface area (Å²) in [6.45, 7) is 1.71. The third kappa shape index (κ3) is 3.32. The molecule has 0 aromatic heterocycles. The van der Waals surface area contributed by atoms with Crippen LogP contribution in [0.15, 0.2) is 22.7 Å².